The van der Waals surface area contributed by atoms with Gasteiger partial charge in [-0.05, 0) is 41.0 Å². The Hall–Kier alpha value is -1.26. The van der Waals surface area contributed by atoms with Crippen LogP contribution in [0.15, 0.2) is 48.2 Å². The van der Waals surface area contributed by atoms with Crippen molar-refractivity contribution in [2.24, 2.45) is 0 Å². The minimum absolute atomic E-state index is 0.245. The van der Waals surface area contributed by atoms with E-state index in [2.05, 4.69) is 18.2 Å². The number of fused-ring (bicyclic) bond motifs is 1. The molecule has 1 saturated heterocycles. The molecule has 3 rings (SSSR count). The number of hydrogen-bond acceptors (Lipinski definition) is 3. The average Bonchev–Trinajstić information content (AvgIpc) is 2.56. The topological polar surface area (TPSA) is 37.3 Å². The van der Waals surface area contributed by atoms with E-state index in [1.165, 1.54) is 0 Å². The molecule has 2 nitrogen and oxygen atoms in total. The number of aliphatic hydroxyl groups excluding tert-OH is 1. The molecular formula is C18H20O2S2. The second kappa shape index (κ2) is 6.47. The molecule has 1 N–H and O–H groups in total. The van der Waals surface area contributed by atoms with Crippen LogP contribution in [0, 0.1) is 0 Å². The minimum atomic E-state index is -1.03. The van der Waals surface area contributed by atoms with Crippen molar-refractivity contribution in [3.8, 4) is 0 Å². The van der Waals surface area contributed by atoms with Crippen LogP contribution in [0.1, 0.15) is 25.3 Å². The van der Waals surface area contributed by atoms with E-state index in [1.54, 1.807) is 11.8 Å². The van der Waals surface area contributed by atoms with Gasteiger partial charge < -0.3 is 5.11 Å². The summed E-state index contributed by atoms with van der Waals surface area (Å²) in [5.41, 5.74) is 0.978. The zero-order valence-electron chi connectivity index (χ0n) is 12.6. The van der Waals surface area contributed by atoms with E-state index in [0.29, 0.717) is 12.2 Å². The third-order valence-corrected chi connectivity index (χ3v) is 8.41. The van der Waals surface area contributed by atoms with Crippen LogP contribution in [0.3, 0.4) is 0 Å². The molecule has 1 fully saturated rings. The van der Waals surface area contributed by atoms with Gasteiger partial charge in [-0.1, -0.05) is 49.4 Å². The maximum Gasteiger partial charge on any atom is 0.147 e. The van der Waals surface area contributed by atoms with Crippen molar-refractivity contribution in [1.82, 2.24) is 0 Å². The first-order chi connectivity index (χ1) is 10.7. The third-order valence-electron chi connectivity index (χ3n) is 4.15. The van der Waals surface area contributed by atoms with Crippen molar-refractivity contribution in [3.63, 3.8) is 0 Å². The van der Waals surface area contributed by atoms with Crippen molar-refractivity contribution >= 4 is 39.4 Å². The Morgan fingerprint density at radius 2 is 2.09 bits per heavy atom. The monoisotopic (exact) mass is 332 g/mol. The number of thioether (sulfide) groups is 1. The van der Waals surface area contributed by atoms with Gasteiger partial charge in [0.25, 0.3) is 0 Å². The summed E-state index contributed by atoms with van der Waals surface area (Å²) < 4.78 is 11.9. The Morgan fingerprint density at radius 3 is 2.86 bits per heavy atom. The molecule has 0 spiro atoms. The van der Waals surface area contributed by atoms with Gasteiger partial charge in [0, 0.05) is 16.6 Å². The molecule has 1 aliphatic rings. The molecule has 4 heteroatoms. The molecule has 0 unspecified atom stereocenters. The first kappa shape index (κ1) is 15.6. The van der Waals surface area contributed by atoms with Crippen LogP contribution in [-0.2, 0) is 10.8 Å². The van der Waals surface area contributed by atoms with Crippen LogP contribution < -0.4 is 0 Å². The van der Waals surface area contributed by atoms with E-state index in [4.69, 9.17) is 0 Å². The summed E-state index contributed by atoms with van der Waals surface area (Å²) in [6.07, 6.45) is 3.44. The van der Waals surface area contributed by atoms with E-state index in [-0.39, 0.29) is 5.76 Å². The van der Waals surface area contributed by atoms with E-state index in [9.17, 15) is 9.32 Å². The molecule has 0 aromatic heterocycles. The lowest BCUT2D eigenvalue weighted by Gasteiger charge is -2.34. The molecule has 2 atom stereocenters. The minimum Gasteiger partial charge on any atom is -0.510 e. The van der Waals surface area contributed by atoms with Gasteiger partial charge in [0.1, 0.15) is 9.84 Å². The highest BCUT2D eigenvalue weighted by Gasteiger charge is 2.42. The second-order valence-corrected chi connectivity index (χ2v) is 8.90. The Kier molecular flexibility index (Phi) is 4.59. The molecule has 0 amide bonds. The number of benzene rings is 2. The van der Waals surface area contributed by atoms with Crippen LogP contribution in [0.2, 0.25) is 0 Å². The molecule has 1 aliphatic heterocycles. The van der Waals surface area contributed by atoms with E-state index in [0.717, 1.165) is 28.5 Å². The summed E-state index contributed by atoms with van der Waals surface area (Å²) in [6, 6.07) is 14.2. The fraction of sp³-hybridized carbons (Fsp3) is 0.333. The molecule has 2 aromatic rings. The van der Waals surface area contributed by atoms with Crippen LogP contribution in [0.4, 0.5) is 0 Å². The number of rotatable bonds is 3. The van der Waals surface area contributed by atoms with E-state index in [1.807, 2.05) is 37.3 Å². The van der Waals surface area contributed by atoms with Gasteiger partial charge >= 0.3 is 0 Å². The molecule has 0 saturated carbocycles. The lowest BCUT2D eigenvalue weighted by Crippen LogP contribution is -2.37. The quantitative estimate of drug-likeness (QED) is 0.826. The predicted octanol–water partition coefficient (Wildman–Crippen LogP) is 4.73. The number of aliphatic hydroxyl groups is 1. The molecule has 0 aliphatic carbocycles. The third kappa shape index (κ3) is 2.70. The first-order valence-electron chi connectivity index (χ1n) is 7.59. The van der Waals surface area contributed by atoms with Gasteiger partial charge in [-0.3, -0.25) is 4.21 Å². The summed E-state index contributed by atoms with van der Waals surface area (Å²) in [6.45, 7) is 2.00. The van der Waals surface area contributed by atoms with Crippen molar-refractivity contribution < 1.29 is 9.32 Å². The van der Waals surface area contributed by atoms with Gasteiger partial charge in [-0.2, -0.15) is 0 Å². The molecular weight excluding hydrogens is 312 g/mol. The fourth-order valence-corrected chi connectivity index (χ4v) is 6.51. The summed E-state index contributed by atoms with van der Waals surface area (Å²) in [5.74, 6) is 1.87. The van der Waals surface area contributed by atoms with Gasteiger partial charge in [-0.15, -0.1) is 11.8 Å². The average molecular weight is 332 g/mol. The van der Waals surface area contributed by atoms with Crippen molar-refractivity contribution in [1.29, 1.82) is 0 Å². The second-order valence-electron chi connectivity index (χ2n) is 5.46. The van der Waals surface area contributed by atoms with Gasteiger partial charge in [0.15, 0.2) is 0 Å². The summed E-state index contributed by atoms with van der Waals surface area (Å²) in [5, 5.41) is 13.0. The van der Waals surface area contributed by atoms with E-state index >= 15 is 0 Å². The molecule has 1 heterocycles. The summed E-state index contributed by atoms with van der Waals surface area (Å²) in [4.78, 5) is 0. The fourth-order valence-electron chi connectivity index (χ4n) is 2.93. The zero-order valence-corrected chi connectivity index (χ0v) is 14.3. The van der Waals surface area contributed by atoms with Gasteiger partial charge in [0.05, 0.1) is 0 Å². The lowest BCUT2D eigenvalue weighted by atomic mass is 10.0. The van der Waals surface area contributed by atoms with Crippen LogP contribution >= 0.6 is 11.8 Å². The van der Waals surface area contributed by atoms with Crippen molar-refractivity contribution in [2.75, 3.05) is 11.5 Å². The molecule has 116 valence electrons. The maximum absolute atomic E-state index is 12.5. The van der Waals surface area contributed by atoms with Crippen molar-refractivity contribution in [2.45, 2.75) is 23.8 Å². The van der Waals surface area contributed by atoms with Gasteiger partial charge in [-0.25, -0.2) is 0 Å². The Balaban J connectivity index is 2.07. The smallest absolute Gasteiger partial charge is 0.147 e. The van der Waals surface area contributed by atoms with Crippen LogP contribution in [-0.4, -0.2) is 24.9 Å². The Labute approximate surface area is 138 Å². The normalized spacial score (nSPS) is 26.2. The van der Waals surface area contributed by atoms with Crippen LogP contribution in [0.25, 0.3) is 16.8 Å². The number of hydrogen-bond donors (Lipinski definition) is 1. The zero-order chi connectivity index (χ0) is 15.6. The molecule has 0 bridgehead atoms. The van der Waals surface area contributed by atoms with Crippen molar-refractivity contribution in [3.05, 3.63) is 53.8 Å². The standard InChI is InChI=1S/C18H20O2S2/c1-2-18(21-11-6-12-22(18)20)17(19)13-15-9-5-8-14-7-3-4-10-16(14)15/h3-5,7-10,13,19H,2,6,11-12H2,1H3/b17-13-/t18-,22-/m1/s1. The predicted molar refractivity (Wildman–Crippen MR) is 97.7 cm³/mol. The Bertz CT molecular complexity index is 733. The molecule has 22 heavy (non-hydrogen) atoms. The SMILES string of the molecule is CC[C@@]1(/C(O)=C/c2cccc3ccccc23)SCCC[S@]1=O. The maximum atomic E-state index is 12.5. The van der Waals surface area contributed by atoms with Gasteiger partial charge in [0.2, 0.25) is 0 Å². The lowest BCUT2D eigenvalue weighted by molar-refractivity contribution is 0.384. The summed E-state index contributed by atoms with van der Waals surface area (Å²) >= 11 is 1.63. The molecule has 0 radical (unpaired) electrons. The van der Waals surface area contributed by atoms with Crippen LogP contribution in [0.5, 0.6) is 0 Å². The largest absolute Gasteiger partial charge is 0.510 e. The van der Waals surface area contributed by atoms with E-state index < -0.39 is 14.9 Å². The highest BCUT2D eigenvalue weighted by atomic mass is 32.2. The Morgan fingerprint density at radius 1 is 1.32 bits per heavy atom. The highest BCUT2D eigenvalue weighted by Crippen LogP contribution is 2.43. The highest BCUT2D eigenvalue weighted by molar-refractivity contribution is 8.13. The summed E-state index contributed by atoms with van der Waals surface area (Å²) in [7, 11) is -1.03. The first-order valence-corrected chi connectivity index (χ1v) is 9.89. The molecule has 2 aromatic carbocycles.